The molecule has 78 valence electrons. The van der Waals surface area contributed by atoms with Gasteiger partial charge in [-0.05, 0) is 44.2 Å². The molecule has 0 aromatic rings. The molecule has 1 N–H and O–H groups in total. The molecule has 1 saturated heterocycles. The highest BCUT2D eigenvalue weighted by Gasteiger charge is 2.18. The zero-order valence-electron chi connectivity index (χ0n) is 9.01. The lowest BCUT2D eigenvalue weighted by molar-refractivity contribution is 0.163. The standard InChI is InChI=1S/C11H23NO/c1-10(6-8-13-2)11-5-3-4-7-12-9-11/h10-12H,3-9H2,1-2H3. The van der Waals surface area contributed by atoms with Crippen molar-refractivity contribution in [3.05, 3.63) is 0 Å². The predicted molar refractivity (Wildman–Crippen MR) is 55.9 cm³/mol. The highest BCUT2D eigenvalue weighted by molar-refractivity contribution is 4.72. The van der Waals surface area contributed by atoms with Crippen LogP contribution in [0.25, 0.3) is 0 Å². The van der Waals surface area contributed by atoms with E-state index in [0.717, 1.165) is 18.4 Å². The molecule has 0 aliphatic carbocycles. The fraction of sp³-hybridized carbons (Fsp3) is 1.00. The molecule has 0 aromatic heterocycles. The van der Waals surface area contributed by atoms with E-state index in [-0.39, 0.29) is 0 Å². The van der Waals surface area contributed by atoms with E-state index in [1.165, 1.54) is 38.8 Å². The van der Waals surface area contributed by atoms with Crippen LogP contribution in [0.15, 0.2) is 0 Å². The van der Waals surface area contributed by atoms with E-state index in [2.05, 4.69) is 12.2 Å². The molecule has 1 aliphatic rings. The van der Waals surface area contributed by atoms with Gasteiger partial charge in [0, 0.05) is 13.7 Å². The first kappa shape index (κ1) is 11.0. The Morgan fingerprint density at radius 3 is 3.08 bits per heavy atom. The molecule has 1 rings (SSSR count). The van der Waals surface area contributed by atoms with Crippen LogP contribution in [0, 0.1) is 11.8 Å². The summed E-state index contributed by atoms with van der Waals surface area (Å²) in [6, 6.07) is 0. The van der Waals surface area contributed by atoms with Gasteiger partial charge in [0.15, 0.2) is 0 Å². The molecule has 13 heavy (non-hydrogen) atoms. The summed E-state index contributed by atoms with van der Waals surface area (Å²) in [6.07, 6.45) is 5.36. The number of rotatable bonds is 4. The van der Waals surface area contributed by atoms with E-state index < -0.39 is 0 Å². The predicted octanol–water partition coefficient (Wildman–Crippen LogP) is 2.05. The van der Waals surface area contributed by atoms with Crippen LogP contribution in [-0.4, -0.2) is 26.8 Å². The van der Waals surface area contributed by atoms with Crippen LogP contribution in [0.5, 0.6) is 0 Å². The Labute approximate surface area is 82.0 Å². The maximum atomic E-state index is 5.11. The number of nitrogens with one attached hydrogen (secondary N) is 1. The third kappa shape index (κ3) is 4.10. The van der Waals surface area contributed by atoms with Gasteiger partial charge in [0.2, 0.25) is 0 Å². The van der Waals surface area contributed by atoms with E-state index >= 15 is 0 Å². The van der Waals surface area contributed by atoms with Gasteiger partial charge in [-0.25, -0.2) is 0 Å². The van der Waals surface area contributed by atoms with Crippen LogP contribution in [0.2, 0.25) is 0 Å². The van der Waals surface area contributed by atoms with Gasteiger partial charge in [0.05, 0.1) is 0 Å². The fourth-order valence-corrected chi connectivity index (χ4v) is 2.07. The van der Waals surface area contributed by atoms with Crippen LogP contribution in [0.3, 0.4) is 0 Å². The van der Waals surface area contributed by atoms with Crippen LogP contribution >= 0.6 is 0 Å². The highest BCUT2D eigenvalue weighted by atomic mass is 16.5. The second kappa shape index (κ2) is 6.39. The highest BCUT2D eigenvalue weighted by Crippen LogP contribution is 2.22. The molecule has 2 atom stereocenters. The van der Waals surface area contributed by atoms with Crippen molar-refractivity contribution in [1.29, 1.82) is 0 Å². The van der Waals surface area contributed by atoms with Crippen LogP contribution < -0.4 is 5.32 Å². The molecule has 1 aliphatic heterocycles. The van der Waals surface area contributed by atoms with Crippen molar-refractivity contribution < 1.29 is 4.74 Å². The SMILES string of the molecule is COCCC(C)C1CCCCNC1. The first-order chi connectivity index (χ1) is 6.34. The lowest BCUT2D eigenvalue weighted by atomic mass is 9.88. The Morgan fingerprint density at radius 2 is 2.31 bits per heavy atom. The molecule has 0 amide bonds. The Balaban J connectivity index is 2.22. The zero-order chi connectivity index (χ0) is 9.52. The Hall–Kier alpha value is -0.0800. The van der Waals surface area contributed by atoms with Gasteiger partial charge in [0.25, 0.3) is 0 Å². The molecule has 2 nitrogen and oxygen atoms in total. The summed E-state index contributed by atoms with van der Waals surface area (Å²) in [5, 5.41) is 3.51. The molecule has 0 spiro atoms. The minimum Gasteiger partial charge on any atom is -0.385 e. The third-order valence-corrected chi connectivity index (χ3v) is 3.17. The van der Waals surface area contributed by atoms with E-state index in [1.54, 1.807) is 7.11 Å². The summed E-state index contributed by atoms with van der Waals surface area (Å²) >= 11 is 0. The van der Waals surface area contributed by atoms with Crippen LogP contribution in [0.4, 0.5) is 0 Å². The van der Waals surface area contributed by atoms with E-state index in [9.17, 15) is 0 Å². The fourth-order valence-electron chi connectivity index (χ4n) is 2.07. The second-order valence-electron chi connectivity index (χ2n) is 4.22. The van der Waals surface area contributed by atoms with Gasteiger partial charge in [0.1, 0.15) is 0 Å². The van der Waals surface area contributed by atoms with Crippen molar-refractivity contribution in [1.82, 2.24) is 5.32 Å². The van der Waals surface area contributed by atoms with Gasteiger partial charge in [-0.3, -0.25) is 0 Å². The van der Waals surface area contributed by atoms with Crippen LogP contribution in [-0.2, 0) is 4.74 Å². The van der Waals surface area contributed by atoms with Gasteiger partial charge >= 0.3 is 0 Å². The van der Waals surface area contributed by atoms with E-state index in [4.69, 9.17) is 4.74 Å². The minimum atomic E-state index is 0.811. The van der Waals surface area contributed by atoms with Crippen molar-refractivity contribution in [2.75, 3.05) is 26.8 Å². The molecule has 0 saturated carbocycles. The number of hydrogen-bond donors (Lipinski definition) is 1. The maximum Gasteiger partial charge on any atom is 0.0464 e. The van der Waals surface area contributed by atoms with E-state index in [0.29, 0.717) is 0 Å². The lowest BCUT2D eigenvalue weighted by Crippen LogP contribution is -2.25. The topological polar surface area (TPSA) is 21.3 Å². The van der Waals surface area contributed by atoms with E-state index in [1.807, 2.05) is 0 Å². The summed E-state index contributed by atoms with van der Waals surface area (Å²) in [5.41, 5.74) is 0. The zero-order valence-corrected chi connectivity index (χ0v) is 9.01. The number of methoxy groups -OCH3 is 1. The Kier molecular flexibility index (Phi) is 5.40. The van der Waals surface area contributed by atoms with Gasteiger partial charge in [-0.2, -0.15) is 0 Å². The molecule has 1 fully saturated rings. The Morgan fingerprint density at radius 1 is 1.46 bits per heavy atom. The summed E-state index contributed by atoms with van der Waals surface area (Å²) < 4.78 is 5.11. The smallest absolute Gasteiger partial charge is 0.0464 e. The van der Waals surface area contributed by atoms with Crippen LogP contribution in [0.1, 0.15) is 32.6 Å². The third-order valence-electron chi connectivity index (χ3n) is 3.17. The van der Waals surface area contributed by atoms with Crippen molar-refractivity contribution in [3.63, 3.8) is 0 Å². The largest absolute Gasteiger partial charge is 0.385 e. The molecule has 0 radical (unpaired) electrons. The molecule has 0 bridgehead atoms. The quantitative estimate of drug-likeness (QED) is 0.724. The average Bonchev–Trinajstić information content (AvgIpc) is 2.42. The second-order valence-corrected chi connectivity index (χ2v) is 4.22. The normalized spacial score (nSPS) is 26.8. The van der Waals surface area contributed by atoms with Crippen molar-refractivity contribution in [2.45, 2.75) is 32.6 Å². The molecular formula is C11H23NO. The molecule has 0 aromatic carbocycles. The lowest BCUT2D eigenvalue weighted by Gasteiger charge is -2.21. The summed E-state index contributed by atoms with van der Waals surface area (Å²) in [4.78, 5) is 0. The van der Waals surface area contributed by atoms with Crippen molar-refractivity contribution in [3.8, 4) is 0 Å². The van der Waals surface area contributed by atoms with Crippen molar-refractivity contribution in [2.24, 2.45) is 11.8 Å². The number of ether oxygens (including phenoxy) is 1. The molecule has 2 unspecified atom stereocenters. The monoisotopic (exact) mass is 185 g/mol. The van der Waals surface area contributed by atoms with Gasteiger partial charge in [-0.1, -0.05) is 13.3 Å². The summed E-state index contributed by atoms with van der Waals surface area (Å²) in [7, 11) is 1.79. The summed E-state index contributed by atoms with van der Waals surface area (Å²) in [5.74, 6) is 1.68. The number of hydrogen-bond acceptors (Lipinski definition) is 2. The molecular weight excluding hydrogens is 162 g/mol. The molecule has 2 heteroatoms. The first-order valence-corrected chi connectivity index (χ1v) is 5.54. The first-order valence-electron chi connectivity index (χ1n) is 5.54. The minimum absolute atomic E-state index is 0.811. The van der Waals surface area contributed by atoms with Gasteiger partial charge in [-0.15, -0.1) is 0 Å². The molecule has 1 heterocycles. The van der Waals surface area contributed by atoms with Crippen molar-refractivity contribution >= 4 is 0 Å². The Bertz CT molecular complexity index is 119. The summed E-state index contributed by atoms with van der Waals surface area (Å²) in [6.45, 7) is 5.70. The average molecular weight is 185 g/mol. The van der Waals surface area contributed by atoms with Gasteiger partial charge < -0.3 is 10.1 Å². The maximum absolute atomic E-state index is 5.11.